The van der Waals surface area contributed by atoms with Crippen molar-refractivity contribution in [2.75, 3.05) is 0 Å². The standard InChI is InChI=1S/C20H22O2S/c1-17-7-11-19(12-8-17)5-3-15-23(21,22)16-4-6-20-13-9-18(2)10-14-20/h3-4,7-16H,5-6H2,1-2H3/b15-3+,16-4+. The lowest BCUT2D eigenvalue weighted by Gasteiger charge is -1.98. The van der Waals surface area contributed by atoms with Crippen molar-refractivity contribution in [1.82, 2.24) is 0 Å². The fourth-order valence-corrected chi connectivity index (χ4v) is 2.95. The number of rotatable bonds is 6. The van der Waals surface area contributed by atoms with Crippen LogP contribution in [0.1, 0.15) is 22.3 Å². The van der Waals surface area contributed by atoms with Gasteiger partial charge in [0.2, 0.25) is 0 Å². The van der Waals surface area contributed by atoms with Crippen LogP contribution in [0, 0.1) is 13.8 Å². The van der Waals surface area contributed by atoms with Crippen LogP contribution in [0.3, 0.4) is 0 Å². The van der Waals surface area contributed by atoms with Gasteiger partial charge in [0.1, 0.15) is 0 Å². The Balaban J connectivity index is 1.90. The molecule has 3 heteroatoms. The van der Waals surface area contributed by atoms with E-state index in [-0.39, 0.29) is 0 Å². The molecule has 2 rings (SSSR count). The molecule has 0 N–H and O–H groups in total. The van der Waals surface area contributed by atoms with Gasteiger partial charge >= 0.3 is 0 Å². The van der Waals surface area contributed by atoms with Gasteiger partial charge < -0.3 is 0 Å². The van der Waals surface area contributed by atoms with Crippen LogP contribution < -0.4 is 0 Å². The molecule has 0 saturated carbocycles. The average Bonchev–Trinajstić information content (AvgIpc) is 2.51. The summed E-state index contributed by atoms with van der Waals surface area (Å²) in [5, 5.41) is 2.55. The summed E-state index contributed by atoms with van der Waals surface area (Å²) < 4.78 is 23.9. The Hall–Kier alpha value is -2.13. The Morgan fingerprint density at radius 1 is 0.696 bits per heavy atom. The van der Waals surface area contributed by atoms with E-state index in [1.54, 1.807) is 12.2 Å². The summed E-state index contributed by atoms with van der Waals surface area (Å²) in [7, 11) is -3.30. The smallest absolute Gasteiger partial charge is 0.192 e. The number of benzene rings is 2. The maximum atomic E-state index is 11.9. The third-order valence-corrected chi connectivity index (χ3v) is 4.66. The van der Waals surface area contributed by atoms with Gasteiger partial charge in [-0.15, -0.1) is 0 Å². The highest BCUT2D eigenvalue weighted by Crippen LogP contribution is 2.07. The van der Waals surface area contributed by atoms with Crippen molar-refractivity contribution in [3.63, 3.8) is 0 Å². The first-order valence-corrected chi connectivity index (χ1v) is 9.25. The second-order valence-electron chi connectivity index (χ2n) is 5.71. The topological polar surface area (TPSA) is 34.1 Å². The van der Waals surface area contributed by atoms with Gasteiger partial charge in [0, 0.05) is 10.8 Å². The third-order valence-electron chi connectivity index (χ3n) is 3.52. The SMILES string of the molecule is Cc1ccc(C/C=C/S(=O)(=O)/C=C/Cc2ccc(C)cc2)cc1. The van der Waals surface area contributed by atoms with Crippen LogP contribution in [-0.2, 0) is 22.7 Å². The lowest BCUT2D eigenvalue weighted by atomic mass is 10.1. The van der Waals surface area contributed by atoms with Gasteiger partial charge in [0.25, 0.3) is 0 Å². The van der Waals surface area contributed by atoms with Gasteiger partial charge in [-0.3, -0.25) is 0 Å². The summed E-state index contributed by atoms with van der Waals surface area (Å²) >= 11 is 0. The minimum absolute atomic E-state index is 0.616. The van der Waals surface area contributed by atoms with E-state index in [1.165, 1.54) is 21.9 Å². The minimum Gasteiger partial charge on any atom is -0.220 e. The second kappa shape index (κ2) is 7.93. The Bertz CT molecular complexity index is 717. The van der Waals surface area contributed by atoms with E-state index in [2.05, 4.69) is 0 Å². The maximum Gasteiger partial charge on any atom is 0.192 e. The zero-order valence-corrected chi connectivity index (χ0v) is 14.4. The molecule has 2 aromatic rings. The normalized spacial score (nSPS) is 12.3. The molecule has 0 aromatic heterocycles. The molecule has 0 unspecified atom stereocenters. The molecule has 0 atom stereocenters. The maximum absolute atomic E-state index is 11.9. The molecule has 0 spiro atoms. The third kappa shape index (κ3) is 6.25. The molecular weight excluding hydrogens is 304 g/mol. The van der Waals surface area contributed by atoms with Gasteiger partial charge in [0.05, 0.1) is 0 Å². The molecule has 0 aliphatic rings. The number of hydrogen-bond donors (Lipinski definition) is 0. The first kappa shape index (κ1) is 17.2. The zero-order chi connectivity index (χ0) is 16.7. The molecule has 2 aromatic carbocycles. The first-order chi connectivity index (χ1) is 10.9. The van der Waals surface area contributed by atoms with Crippen LogP contribution in [0.15, 0.2) is 71.5 Å². The lowest BCUT2D eigenvalue weighted by molar-refractivity contribution is 0.612. The van der Waals surface area contributed by atoms with Crippen LogP contribution in [0.25, 0.3) is 0 Å². The molecular formula is C20H22O2S. The average molecular weight is 326 g/mol. The first-order valence-electron chi connectivity index (χ1n) is 7.64. The van der Waals surface area contributed by atoms with E-state index in [9.17, 15) is 8.42 Å². The fraction of sp³-hybridized carbons (Fsp3) is 0.200. The summed E-state index contributed by atoms with van der Waals surface area (Å²) in [5.41, 5.74) is 4.60. The highest BCUT2D eigenvalue weighted by molar-refractivity contribution is 7.97. The molecule has 0 aliphatic heterocycles. The summed E-state index contributed by atoms with van der Waals surface area (Å²) in [6, 6.07) is 16.2. The minimum atomic E-state index is -3.30. The Kier molecular flexibility index (Phi) is 5.94. The molecule has 23 heavy (non-hydrogen) atoms. The molecule has 2 nitrogen and oxygen atoms in total. The van der Waals surface area contributed by atoms with Crippen LogP contribution in [0.5, 0.6) is 0 Å². The number of allylic oxidation sites excluding steroid dienone is 2. The predicted molar refractivity (Wildman–Crippen MR) is 97.0 cm³/mol. The molecule has 0 aliphatic carbocycles. The number of aryl methyl sites for hydroxylation is 2. The monoisotopic (exact) mass is 326 g/mol. The van der Waals surface area contributed by atoms with Crippen molar-refractivity contribution in [2.24, 2.45) is 0 Å². The van der Waals surface area contributed by atoms with Crippen molar-refractivity contribution in [2.45, 2.75) is 26.7 Å². The summed E-state index contributed by atoms with van der Waals surface area (Å²) in [5.74, 6) is 0. The van der Waals surface area contributed by atoms with E-state index in [1.807, 2.05) is 62.4 Å². The summed E-state index contributed by atoms with van der Waals surface area (Å²) in [4.78, 5) is 0. The second-order valence-corrected chi connectivity index (χ2v) is 7.43. The highest BCUT2D eigenvalue weighted by Gasteiger charge is 1.99. The van der Waals surface area contributed by atoms with Crippen molar-refractivity contribution in [1.29, 1.82) is 0 Å². The van der Waals surface area contributed by atoms with Crippen molar-refractivity contribution >= 4 is 9.84 Å². The van der Waals surface area contributed by atoms with Gasteiger partial charge in [-0.2, -0.15) is 0 Å². The molecule has 120 valence electrons. The molecule has 0 radical (unpaired) electrons. The van der Waals surface area contributed by atoms with Gasteiger partial charge in [-0.1, -0.05) is 71.8 Å². The highest BCUT2D eigenvalue weighted by atomic mass is 32.2. The van der Waals surface area contributed by atoms with Crippen LogP contribution in [0.4, 0.5) is 0 Å². The Labute approximate surface area is 139 Å². The molecule has 0 bridgehead atoms. The van der Waals surface area contributed by atoms with E-state index in [0.29, 0.717) is 12.8 Å². The number of hydrogen-bond acceptors (Lipinski definition) is 2. The lowest BCUT2D eigenvalue weighted by Crippen LogP contribution is -1.90. The molecule has 0 fully saturated rings. The zero-order valence-electron chi connectivity index (χ0n) is 13.6. The fourth-order valence-electron chi connectivity index (χ4n) is 2.13. The largest absolute Gasteiger partial charge is 0.220 e. The van der Waals surface area contributed by atoms with Crippen LogP contribution >= 0.6 is 0 Å². The molecule has 0 heterocycles. The molecule has 0 saturated heterocycles. The number of sulfone groups is 1. The summed E-state index contributed by atoms with van der Waals surface area (Å²) in [6.45, 7) is 4.06. The van der Waals surface area contributed by atoms with E-state index < -0.39 is 9.84 Å². The summed E-state index contributed by atoms with van der Waals surface area (Å²) in [6.07, 6.45) is 4.61. The van der Waals surface area contributed by atoms with Gasteiger partial charge in [-0.05, 0) is 37.8 Å². The van der Waals surface area contributed by atoms with Crippen LogP contribution in [-0.4, -0.2) is 8.42 Å². The van der Waals surface area contributed by atoms with Gasteiger partial charge in [-0.25, -0.2) is 8.42 Å². The van der Waals surface area contributed by atoms with Crippen molar-refractivity contribution in [3.8, 4) is 0 Å². The van der Waals surface area contributed by atoms with E-state index in [4.69, 9.17) is 0 Å². The molecule has 0 amide bonds. The van der Waals surface area contributed by atoms with E-state index in [0.717, 1.165) is 11.1 Å². The van der Waals surface area contributed by atoms with Gasteiger partial charge in [0.15, 0.2) is 9.84 Å². The Morgan fingerprint density at radius 2 is 1.04 bits per heavy atom. The quantitative estimate of drug-likeness (QED) is 0.781. The van der Waals surface area contributed by atoms with E-state index >= 15 is 0 Å². The Morgan fingerprint density at radius 3 is 1.39 bits per heavy atom. The predicted octanol–water partition coefficient (Wildman–Crippen LogP) is 4.53. The van der Waals surface area contributed by atoms with Crippen molar-refractivity contribution < 1.29 is 8.42 Å². The van der Waals surface area contributed by atoms with Crippen LogP contribution in [0.2, 0.25) is 0 Å². The van der Waals surface area contributed by atoms with Crippen molar-refractivity contribution in [3.05, 3.63) is 93.8 Å².